The zero-order valence-corrected chi connectivity index (χ0v) is 15.3. The van der Waals surface area contributed by atoms with E-state index in [2.05, 4.69) is 15.6 Å². The Morgan fingerprint density at radius 2 is 1.81 bits per heavy atom. The second kappa shape index (κ2) is 7.97. The number of rotatable bonds is 6. The zero-order valence-electron chi connectivity index (χ0n) is 14.5. The highest BCUT2D eigenvalue weighted by Gasteiger charge is 2.11. The first-order valence-corrected chi connectivity index (χ1v) is 8.92. The van der Waals surface area contributed by atoms with Crippen molar-refractivity contribution in [3.05, 3.63) is 71.0 Å². The monoisotopic (exact) mass is 370 g/mol. The summed E-state index contributed by atoms with van der Waals surface area (Å²) in [6.07, 6.45) is 0. The fourth-order valence-electron chi connectivity index (χ4n) is 2.28. The maximum absolute atomic E-state index is 12.9. The van der Waals surface area contributed by atoms with Crippen molar-refractivity contribution in [3.63, 3.8) is 0 Å². The van der Waals surface area contributed by atoms with Gasteiger partial charge in [0, 0.05) is 37.4 Å². The Kier molecular flexibility index (Phi) is 5.48. The molecule has 3 aromatic rings. The summed E-state index contributed by atoms with van der Waals surface area (Å²) >= 11 is 1.32. The molecule has 2 N–H and O–H groups in total. The summed E-state index contributed by atoms with van der Waals surface area (Å²) in [6.45, 7) is 0.435. The van der Waals surface area contributed by atoms with E-state index in [1.807, 2.05) is 43.3 Å². The van der Waals surface area contributed by atoms with Gasteiger partial charge in [0.2, 0.25) is 0 Å². The van der Waals surface area contributed by atoms with Crippen LogP contribution in [0.15, 0.2) is 53.9 Å². The van der Waals surface area contributed by atoms with Gasteiger partial charge in [-0.1, -0.05) is 12.1 Å². The number of aromatic nitrogens is 1. The first kappa shape index (κ1) is 17.9. The molecule has 3 rings (SSSR count). The van der Waals surface area contributed by atoms with Gasteiger partial charge in [-0.15, -0.1) is 11.3 Å². The van der Waals surface area contributed by atoms with Gasteiger partial charge in [0.15, 0.2) is 5.13 Å². The maximum Gasteiger partial charge on any atom is 0.271 e. The number of hydrogen-bond donors (Lipinski definition) is 2. The van der Waals surface area contributed by atoms with Gasteiger partial charge >= 0.3 is 0 Å². The highest BCUT2D eigenvalue weighted by atomic mass is 32.1. The minimum atomic E-state index is -0.298. The van der Waals surface area contributed by atoms with Crippen LogP contribution in [0.5, 0.6) is 0 Å². The predicted octanol–water partition coefficient (Wildman–Crippen LogP) is 4.02. The molecule has 1 amide bonds. The lowest BCUT2D eigenvalue weighted by molar-refractivity contribution is 0.0946. The Morgan fingerprint density at radius 1 is 1.12 bits per heavy atom. The molecular formula is C19H19FN4OS. The molecule has 0 aliphatic rings. The molecule has 0 atom stereocenters. The van der Waals surface area contributed by atoms with E-state index in [1.54, 1.807) is 17.5 Å². The second-order valence-corrected chi connectivity index (χ2v) is 6.77. The number of amides is 1. The number of carbonyl (C=O) groups excluding carboxylic acids is 1. The Labute approximate surface area is 155 Å². The summed E-state index contributed by atoms with van der Waals surface area (Å²) in [6, 6.07) is 14.0. The van der Waals surface area contributed by atoms with E-state index in [-0.39, 0.29) is 11.7 Å². The number of thiazole rings is 1. The van der Waals surface area contributed by atoms with Crippen LogP contribution in [0.4, 0.5) is 20.9 Å². The lowest BCUT2D eigenvalue weighted by Gasteiger charge is -2.12. The van der Waals surface area contributed by atoms with E-state index in [1.165, 1.54) is 23.5 Å². The fraction of sp³-hybridized carbons (Fsp3) is 0.158. The lowest BCUT2D eigenvalue weighted by Crippen LogP contribution is -2.23. The number of benzene rings is 2. The summed E-state index contributed by atoms with van der Waals surface area (Å²) in [5, 5.41) is 8.19. The van der Waals surface area contributed by atoms with Crippen molar-refractivity contribution in [2.75, 3.05) is 24.3 Å². The smallest absolute Gasteiger partial charge is 0.271 e. The van der Waals surface area contributed by atoms with Gasteiger partial charge in [-0.25, -0.2) is 9.37 Å². The molecule has 0 radical (unpaired) electrons. The number of carbonyl (C=O) groups is 1. The number of nitrogens with zero attached hydrogens (tertiary/aromatic N) is 2. The van der Waals surface area contributed by atoms with Gasteiger partial charge in [0.25, 0.3) is 5.91 Å². The SMILES string of the molecule is CN(C)c1ccc(CNC(=O)c2csc(Nc3ccc(F)cc3)n2)cc1. The highest BCUT2D eigenvalue weighted by molar-refractivity contribution is 7.14. The van der Waals surface area contributed by atoms with E-state index in [4.69, 9.17) is 0 Å². The Morgan fingerprint density at radius 3 is 2.46 bits per heavy atom. The van der Waals surface area contributed by atoms with Crippen LogP contribution in [-0.4, -0.2) is 25.0 Å². The quantitative estimate of drug-likeness (QED) is 0.688. The minimum Gasteiger partial charge on any atom is -0.378 e. The van der Waals surface area contributed by atoms with Crippen LogP contribution in [0.25, 0.3) is 0 Å². The Bertz CT molecular complexity index is 875. The summed E-state index contributed by atoms with van der Waals surface area (Å²) in [5.74, 6) is -0.529. The molecular weight excluding hydrogens is 351 g/mol. The topological polar surface area (TPSA) is 57.3 Å². The summed E-state index contributed by atoms with van der Waals surface area (Å²) in [4.78, 5) is 18.5. The molecule has 26 heavy (non-hydrogen) atoms. The van der Waals surface area contributed by atoms with Crippen LogP contribution in [0.3, 0.4) is 0 Å². The zero-order chi connectivity index (χ0) is 18.5. The van der Waals surface area contributed by atoms with Crippen molar-refractivity contribution in [1.29, 1.82) is 0 Å². The summed E-state index contributed by atoms with van der Waals surface area (Å²) in [5.41, 5.74) is 3.19. The van der Waals surface area contributed by atoms with Crippen LogP contribution in [0.1, 0.15) is 16.1 Å². The van der Waals surface area contributed by atoms with Gasteiger partial charge in [0.05, 0.1) is 0 Å². The van der Waals surface area contributed by atoms with Crippen molar-refractivity contribution >= 4 is 33.8 Å². The molecule has 134 valence electrons. The normalized spacial score (nSPS) is 10.4. The van der Waals surface area contributed by atoms with E-state index in [0.29, 0.717) is 23.1 Å². The van der Waals surface area contributed by atoms with E-state index < -0.39 is 0 Å². The van der Waals surface area contributed by atoms with Crippen molar-refractivity contribution in [2.24, 2.45) is 0 Å². The minimum absolute atomic E-state index is 0.231. The number of halogens is 1. The van der Waals surface area contributed by atoms with Gasteiger partial charge in [-0.05, 0) is 42.0 Å². The van der Waals surface area contributed by atoms with Gasteiger partial charge < -0.3 is 15.5 Å². The number of nitrogens with one attached hydrogen (secondary N) is 2. The second-order valence-electron chi connectivity index (χ2n) is 5.91. The molecule has 0 fully saturated rings. The van der Waals surface area contributed by atoms with Crippen LogP contribution < -0.4 is 15.5 Å². The third-order valence-corrected chi connectivity index (χ3v) is 4.50. The average Bonchev–Trinajstić information content (AvgIpc) is 3.10. The lowest BCUT2D eigenvalue weighted by atomic mass is 10.2. The Hall–Kier alpha value is -2.93. The van der Waals surface area contributed by atoms with Crippen molar-refractivity contribution in [1.82, 2.24) is 10.3 Å². The van der Waals surface area contributed by atoms with E-state index >= 15 is 0 Å². The fourth-order valence-corrected chi connectivity index (χ4v) is 2.99. The largest absolute Gasteiger partial charge is 0.378 e. The third-order valence-electron chi connectivity index (χ3n) is 3.74. The van der Waals surface area contributed by atoms with Crippen LogP contribution in [-0.2, 0) is 6.54 Å². The molecule has 1 heterocycles. The first-order chi connectivity index (χ1) is 12.5. The maximum atomic E-state index is 12.9. The van der Waals surface area contributed by atoms with Crippen LogP contribution in [0.2, 0.25) is 0 Å². The molecule has 0 bridgehead atoms. The predicted molar refractivity (Wildman–Crippen MR) is 104 cm³/mol. The Balaban J connectivity index is 1.56. The molecule has 7 heteroatoms. The van der Waals surface area contributed by atoms with Gasteiger partial charge in [-0.2, -0.15) is 0 Å². The average molecular weight is 370 g/mol. The molecule has 0 saturated heterocycles. The third kappa shape index (κ3) is 4.58. The summed E-state index contributed by atoms with van der Waals surface area (Å²) < 4.78 is 12.9. The molecule has 0 aliphatic heterocycles. The molecule has 0 unspecified atom stereocenters. The van der Waals surface area contributed by atoms with Crippen LogP contribution in [0, 0.1) is 5.82 Å². The van der Waals surface area contributed by atoms with Gasteiger partial charge in [0.1, 0.15) is 11.5 Å². The van der Waals surface area contributed by atoms with Crippen LogP contribution >= 0.6 is 11.3 Å². The standard InChI is InChI=1S/C19H19FN4OS/c1-24(2)16-9-3-13(4-10-16)11-21-18(25)17-12-26-19(23-17)22-15-7-5-14(20)6-8-15/h3-10,12H,11H2,1-2H3,(H,21,25)(H,22,23). The van der Waals surface area contributed by atoms with E-state index in [9.17, 15) is 9.18 Å². The molecule has 5 nitrogen and oxygen atoms in total. The highest BCUT2D eigenvalue weighted by Crippen LogP contribution is 2.21. The number of hydrogen-bond acceptors (Lipinski definition) is 5. The van der Waals surface area contributed by atoms with Crippen molar-refractivity contribution in [3.8, 4) is 0 Å². The van der Waals surface area contributed by atoms with E-state index in [0.717, 1.165) is 11.3 Å². The van der Waals surface area contributed by atoms with Crippen molar-refractivity contribution in [2.45, 2.75) is 6.54 Å². The molecule has 0 saturated carbocycles. The molecule has 2 aromatic carbocycles. The molecule has 0 spiro atoms. The number of anilines is 3. The first-order valence-electron chi connectivity index (χ1n) is 8.04. The van der Waals surface area contributed by atoms with Crippen molar-refractivity contribution < 1.29 is 9.18 Å². The summed E-state index contributed by atoms with van der Waals surface area (Å²) in [7, 11) is 3.97. The molecule has 0 aliphatic carbocycles. The van der Waals surface area contributed by atoms with Gasteiger partial charge in [-0.3, -0.25) is 4.79 Å². The molecule has 1 aromatic heterocycles.